The van der Waals surface area contributed by atoms with Gasteiger partial charge in [-0.25, -0.2) is 4.39 Å². The van der Waals surface area contributed by atoms with Crippen LogP contribution >= 0.6 is 0 Å². The second-order valence-corrected chi connectivity index (χ2v) is 4.63. The van der Waals surface area contributed by atoms with Crippen molar-refractivity contribution in [2.75, 3.05) is 18.9 Å². The molecule has 1 saturated heterocycles. The van der Waals surface area contributed by atoms with E-state index in [1.165, 1.54) is 11.0 Å². The summed E-state index contributed by atoms with van der Waals surface area (Å²) in [4.78, 5) is 24.7. The number of carbonyl (C=O) groups excluding carboxylic acids is 2. The van der Waals surface area contributed by atoms with Crippen LogP contribution in [0.3, 0.4) is 0 Å². The molecule has 1 fully saturated rings. The van der Waals surface area contributed by atoms with E-state index in [1.54, 1.807) is 26.1 Å². The summed E-state index contributed by atoms with van der Waals surface area (Å²) in [5.41, 5.74) is 0.953. The molecule has 96 valence electrons. The summed E-state index contributed by atoms with van der Waals surface area (Å²) >= 11 is 0. The lowest BCUT2D eigenvalue weighted by Crippen LogP contribution is -2.25. The van der Waals surface area contributed by atoms with Gasteiger partial charge in [0.25, 0.3) is 0 Å². The highest BCUT2D eigenvalue weighted by atomic mass is 19.1. The number of carbonyl (C=O) groups is 2. The summed E-state index contributed by atoms with van der Waals surface area (Å²) in [5, 5.41) is 2.64. The van der Waals surface area contributed by atoms with Crippen LogP contribution < -0.4 is 5.32 Å². The quantitative estimate of drug-likeness (QED) is 0.865. The van der Waals surface area contributed by atoms with Crippen molar-refractivity contribution in [3.63, 3.8) is 0 Å². The SMILES string of the molecule is Cc1ccc(NC(=O)C2CC(=O)N(C)C2)cc1F. The van der Waals surface area contributed by atoms with Gasteiger partial charge in [0.2, 0.25) is 11.8 Å². The standard InChI is InChI=1S/C13H15FN2O2/c1-8-3-4-10(6-11(8)14)15-13(18)9-5-12(17)16(2)7-9/h3-4,6,9H,5,7H2,1-2H3,(H,15,18). The summed E-state index contributed by atoms with van der Waals surface area (Å²) in [7, 11) is 1.67. The molecule has 1 aliphatic heterocycles. The van der Waals surface area contributed by atoms with E-state index in [0.29, 0.717) is 17.8 Å². The lowest BCUT2D eigenvalue weighted by molar-refractivity contribution is -0.127. The summed E-state index contributed by atoms with van der Waals surface area (Å²) in [5.74, 6) is -0.986. The normalized spacial score (nSPS) is 19.2. The molecular weight excluding hydrogens is 235 g/mol. The predicted molar refractivity (Wildman–Crippen MR) is 65.5 cm³/mol. The number of aryl methyl sites for hydroxylation is 1. The molecule has 1 aromatic rings. The number of amides is 2. The zero-order valence-electron chi connectivity index (χ0n) is 10.4. The van der Waals surface area contributed by atoms with Gasteiger partial charge in [0, 0.05) is 25.7 Å². The number of hydrogen-bond acceptors (Lipinski definition) is 2. The lowest BCUT2D eigenvalue weighted by Gasteiger charge is -2.11. The number of hydrogen-bond donors (Lipinski definition) is 1. The topological polar surface area (TPSA) is 49.4 Å². The number of anilines is 1. The molecule has 4 nitrogen and oxygen atoms in total. The average Bonchev–Trinajstić information content (AvgIpc) is 2.65. The Balaban J connectivity index is 2.03. The molecule has 5 heteroatoms. The van der Waals surface area contributed by atoms with Gasteiger partial charge in [-0.15, -0.1) is 0 Å². The van der Waals surface area contributed by atoms with Crippen molar-refractivity contribution < 1.29 is 14.0 Å². The molecule has 1 atom stereocenters. The number of benzene rings is 1. The molecule has 1 aromatic carbocycles. The number of nitrogens with zero attached hydrogens (tertiary/aromatic N) is 1. The first kappa shape index (κ1) is 12.5. The molecule has 0 radical (unpaired) electrons. The van der Waals surface area contributed by atoms with E-state index in [2.05, 4.69) is 5.32 Å². The lowest BCUT2D eigenvalue weighted by atomic mass is 10.1. The maximum absolute atomic E-state index is 13.3. The smallest absolute Gasteiger partial charge is 0.229 e. The van der Waals surface area contributed by atoms with Gasteiger partial charge in [0.1, 0.15) is 5.82 Å². The Morgan fingerprint density at radius 2 is 2.22 bits per heavy atom. The average molecular weight is 250 g/mol. The molecule has 2 amide bonds. The van der Waals surface area contributed by atoms with Crippen LogP contribution in [0.5, 0.6) is 0 Å². The van der Waals surface area contributed by atoms with Crippen molar-refractivity contribution in [1.29, 1.82) is 0 Å². The van der Waals surface area contributed by atoms with E-state index < -0.39 is 0 Å². The third-order valence-corrected chi connectivity index (χ3v) is 3.15. The summed E-state index contributed by atoms with van der Waals surface area (Å²) in [6.07, 6.45) is 0.219. The number of halogens is 1. The molecule has 1 heterocycles. The van der Waals surface area contributed by atoms with Crippen molar-refractivity contribution in [3.05, 3.63) is 29.6 Å². The fourth-order valence-electron chi connectivity index (χ4n) is 1.95. The minimum Gasteiger partial charge on any atom is -0.345 e. The van der Waals surface area contributed by atoms with Crippen molar-refractivity contribution in [2.45, 2.75) is 13.3 Å². The highest BCUT2D eigenvalue weighted by molar-refractivity contribution is 5.97. The van der Waals surface area contributed by atoms with Gasteiger partial charge >= 0.3 is 0 Å². The van der Waals surface area contributed by atoms with Crippen LogP contribution in [0.15, 0.2) is 18.2 Å². The first-order chi connectivity index (χ1) is 8.47. The fourth-order valence-corrected chi connectivity index (χ4v) is 1.95. The van der Waals surface area contributed by atoms with Gasteiger partial charge in [-0.05, 0) is 24.6 Å². The van der Waals surface area contributed by atoms with Gasteiger partial charge in [-0.2, -0.15) is 0 Å². The molecule has 0 aromatic heterocycles. The molecule has 18 heavy (non-hydrogen) atoms. The number of rotatable bonds is 2. The first-order valence-electron chi connectivity index (χ1n) is 5.78. The Morgan fingerprint density at radius 3 is 2.78 bits per heavy atom. The van der Waals surface area contributed by atoms with Gasteiger partial charge in [0.15, 0.2) is 0 Å². The highest BCUT2D eigenvalue weighted by Gasteiger charge is 2.32. The Morgan fingerprint density at radius 1 is 1.50 bits per heavy atom. The Bertz CT molecular complexity index is 502. The maximum atomic E-state index is 13.3. The largest absolute Gasteiger partial charge is 0.345 e. The van der Waals surface area contributed by atoms with Crippen molar-refractivity contribution >= 4 is 17.5 Å². The minimum absolute atomic E-state index is 0.0368. The second-order valence-electron chi connectivity index (χ2n) is 4.63. The monoisotopic (exact) mass is 250 g/mol. The molecule has 1 aliphatic rings. The van der Waals surface area contributed by atoms with Crippen molar-refractivity contribution in [2.24, 2.45) is 5.92 Å². The summed E-state index contributed by atoms with van der Waals surface area (Å²) in [6, 6.07) is 4.54. The van der Waals surface area contributed by atoms with E-state index in [9.17, 15) is 14.0 Å². The van der Waals surface area contributed by atoms with E-state index in [-0.39, 0.29) is 30.0 Å². The number of nitrogens with one attached hydrogen (secondary N) is 1. The van der Waals surface area contributed by atoms with Gasteiger partial charge < -0.3 is 10.2 Å². The summed E-state index contributed by atoms with van der Waals surface area (Å²) < 4.78 is 13.3. The van der Waals surface area contributed by atoms with Crippen LogP contribution in [0.25, 0.3) is 0 Å². The molecule has 0 saturated carbocycles. The van der Waals surface area contributed by atoms with E-state index in [4.69, 9.17) is 0 Å². The van der Waals surface area contributed by atoms with Crippen LogP contribution in [-0.4, -0.2) is 30.3 Å². The molecule has 2 rings (SSSR count). The van der Waals surface area contributed by atoms with Crippen LogP contribution in [-0.2, 0) is 9.59 Å². The molecule has 1 N–H and O–H groups in total. The predicted octanol–water partition coefficient (Wildman–Crippen LogP) is 1.55. The van der Waals surface area contributed by atoms with Gasteiger partial charge in [-0.1, -0.05) is 6.07 Å². The third kappa shape index (κ3) is 2.50. The second kappa shape index (κ2) is 4.76. The zero-order chi connectivity index (χ0) is 13.3. The first-order valence-corrected chi connectivity index (χ1v) is 5.78. The Hall–Kier alpha value is -1.91. The van der Waals surface area contributed by atoms with Crippen LogP contribution in [0.2, 0.25) is 0 Å². The Labute approximate surface area is 105 Å². The van der Waals surface area contributed by atoms with E-state index in [1.807, 2.05) is 0 Å². The zero-order valence-corrected chi connectivity index (χ0v) is 10.4. The Kier molecular flexibility index (Phi) is 3.32. The van der Waals surface area contributed by atoms with E-state index >= 15 is 0 Å². The van der Waals surface area contributed by atoms with Crippen molar-refractivity contribution in [3.8, 4) is 0 Å². The molecule has 1 unspecified atom stereocenters. The van der Waals surface area contributed by atoms with Crippen LogP contribution in [0.4, 0.5) is 10.1 Å². The highest BCUT2D eigenvalue weighted by Crippen LogP contribution is 2.19. The van der Waals surface area contributed by atoms with Crippen molar-refractivity contribution in [1.82, 2.24) is 4.90 Å². The molecule has 0 aliphatic carbocycles. The van der Waals surface area contributed by atoms with E-state index in [0.717, 1.165) is 0 Å². The maximum Gasteiger partial charge on any atom is 0.229 e. The third-order valence-electron chi connectivity index (χ3n) is 3.15. The fraction of sp³-hybridized carbons (Fsp3) is 0.385. The van der Waals surface area contributed by atoms with Gasteiger partial charge in [-0.3, -0.25) is 9.59 Å². The minimum atomic E-state index is -0.355. The van der Waals surface area contributed by atoms with Crippen LogP contribution in [0, 0.1) is 18.7 Å². The molecular formula is C13H15FN2O2. The molecule has 0 spiro atoms. The summed E-state index contributed by atoms with van der Waals surface area (Å²) in [6.45, 7) is 2.07. The number of likely N-dealkylation sites (tertiary alicyclic amines) is 1. The van der Waals surface area contributed by atoms with Gasteiger partial charge in [0.05, 0.1) is 5.92 Å². The van der Waals surface area contributed by atoms with Crippen LogP contribution in [0.1, 0.15) is 12.0 Å². The molecule has 0 bridgehead atoms.